The van der Waals surface area contributed by atoms with Crippen LogP contribution in [0.2, 0.25) is 0 Å². The second-order valence-electron chi connectivity index (χ2n) is 4.81. The Morgan fingerprint density at radius 3 is 2.70 bits per heavy atom. The smallest absolute Gasteiger partial charge is 0.351 e. The van der Waals surface area contributed by atoms with Crippen LogP contribution >= 0.6 is 0 Å². The highest BCUT2D eigenvalue weighted by molar-refractivity contribution is 5.23. The van der Waals surface area contributed by atoms with Gasteiger partial charge in [-0.1, -0.05) is 20.3 Å². The van der Waals surface area contributed by atoms with Gasteiger partial charge in [-0.2, -0.15) is 4.98 Å². The van der Waals surface area contributed by atoms with E-state index in [1.807, 2.05) is 0 Å². The van der Waals surface area contributed by atoms with E-state index >= 15 is 0 Å². The third kappa shape index (κ3) is 4.01. The third-order valence-electron chi connectivity index (χ3n) is 2.74. The molecule has 2 rings (SSSR count). The predicted octanol–water partition coefficient (Wildman–Crippen LogP) is 1.25. The number of rotatable bonds is 2. The van der Waals surface area contributed by atoms with Gasteiger partial charge in [-0.05, 0) is 13.0 Å². The van der Waals surface area contributed by atoms with Gasteiger partial charge in [-0.25, -0.2) is 9.18 Å². The molecule has 1 saturated heterocycles. The Morgan fingerprint density at radius 1 is 1.65 bits per heavy atom. The Balaban J connectivity index is 0.000000612. The van der Waals surface area contributed by atoms with E-state index in [-0.39, 0.29) is 12.2 Å². The maximum absolute atomic E-state index is 13.7. The quantitative estimate of drug-likeness (QED) is 0.854. The number of halogens is 1. The van der Waals surface area contributed by atoms with Gasteiger partial charge in [-0.3, -0.25) is 4.57 Å². The number of anilines is 1. The van der Waals surface area contributed by atoms with Gasteiger partial charge in [0.1, 0.15) is 12.0 Å². The van der Waals surface area contributed by atoms with E-state index in [9.17, 15) is 14.3 Å². The summed E-state index contributed by atoms with van der Waals surface area (Å²) in [5, 5.41) is 9.33. The van der Waals surface area contributed by atoms with Crippen LogP contribution < -0.4 is 11.4 Å². The molecule has 114 valence electrons. The van der Waals surface area contributed by atoms with Gasteiger partial charge >= 0.3 is 5.69 Å². The topological polar surface area (TPSA) is 90.4 Å². The number of hydrogen-bond acceptors (Lipinski definition) is 5. The first-order chi connectivity index (χ1) is 9.40. The van der Waals surface area contributed by atoms with Crippen molar-refractivity contribution < 1.29 is 14.2 Å². The van der Waals surface area contributed by atoms with Gasteiger partial charge in [0.15, 0.2) is 6.23 Å². The van der Waals surface area contributed by atoms with E-state index in [2.05, 4.69) is 18.8 Å². The van der Waals surface area contributed by atoms with Gasteiger partial charge < -0.3 is 15.6 Å². The molecule has 0 saturated carbocycles. The number of ether oxygens (including phenoxy) is 1. The van der Waals surface area contributed by atoms with Crippen LogP contribution in [0.4, 0.5) is 10.2 Å². The minimum atomic E-state index is -1.35. The van der Waals surface area contributed by atoms with E-state index in [1.54, 1.807) is 0 Å². The van der Waals surface area contributed by atoms with Crippen molar-refractivity contribution in [2.24, 2.45) is 0 Å². The van der Waals surface area contributed by atoms with Crippen LogP contribution in [0.5, 0.6) is 0 Å². The van der Waals surface area contributed by atoms with Gasteiger partial charge in [0.25, 0.3) is 0 Å². The second-order valence-corrected chi connectivity index (χ2v) is 4.81. The van der Waals surface area contributed by atoms with Crippen LogP contribution in [0.1, 0.15) is 39.8 Å². The fraction of sp³-hybridized carbons (Fsp3) is 0.692. The standard InChI is InChI=1S/C10H14FN3O3.C3H8/c1-5(15)7-4-6(11)9(17-7)14-3-2-8(12)13-10(14)16;1-3-2/h2-3,5-7,9,15H,4H2,1H3,(H2,12,13,16);3H2,1-2H3/t5?,6-,7?,9+;/m0./s1. The van der Waals surface area contributed by atoms with Crippen LogP contribution in [0.25, 0.3) is 0 Å². The Labute approximate surface area is 117 Å². The highest BCUT2D eigenvalue weighted by Crippen LogP contribution is 2.31. The fourth-order valence-corrected chi connectivity index (χ4v) is 1.83. The molecule has 20 heavy (non-hydrogen) atoms. The maximum atomic E-state index is 13.7. The molecule has 0 radical (unpaired) electrons. The van der Waals surface area contributed by atoms with Gasteiger partial charge in [0, 0.05) is 12.6 Å². The summed E-state index contributed by atoms with van der Waals surface area (Å²) in [5.74, 6) is 0.0757. The number of nitrogens with zero attached hydrogens (tertiary/aromatic N) is 2. The summed E-state index contributed by atoms with van der Waals surface area (Å²) < 4.78 is 20.1. The summed E-state index contributed by atoms with van der Waals surface area (Å²) in [5.41, 5.74) is 4.67. The molecule has 1 aromatic rings. The van der Waals surface area contributed by atoms with Gasteiger partial charge in [0.05, 0.1) is 12.2 Å². The van der Waals surface area contributed by atoms with Gasteiger partial charge in [-0.15, -0.1) is 0 Å². The van der Waals surface area contributed by atoms with Gasteiger partial charge in [0.2, 0.25) is 0 Å². The van der Waals surface area contributed by atoms with Crippen LogP contribution in [0.3, 0.4) is 0 Å². The predicted molar refractivity (Wildman–Crippen MR) is 74.0 cm³/mol. The molecular weight excluding hydrogens is 265 g/mol. The van der Waals surface area contributed by atoms with Crippen LogP contribution in [-0.4, -0.2) is 33.0 Å². The lowest BCUT2D eigenvalue weighted by molar-refractivity contribution is -0.0641. The number of aliphatic hydroxyl groups excluding tert-OH is 1. The molecule has 6 nitrogen and oxygen atoms in total. The van der Waals surface area contributed by atoms with Crippen molar-refractivity contribution in [3.8, 4) is 0 Å². The van der Waals surface area contributed by atoms with Crippen molar-refractivity contribution in [1.82, 2.24) is 9.55 Å². The normalized spacial score (nSPS) is 26.8. The molecule has 3 N–H and O–H groups in total. The van der Waals surface area contributed by atoms with Crippen molar-refractivity contribution in [3.63, 3.8) is 0 Å². The Hall–Kier alpha value is -1.47. The SMILES string of the molecule is CC(O)C1C[C@H](F)[C@H](n2ccc(N)nc2=O)O1.CCC. The summed E-state index contributed by atoms with van der Waals surface area (Å²) >= 11 is 0. The largest absolute Gasteiger partial charge is 0.391 e. The first kappa shape index (κ1) is 16.6. The van der Waals surface area contributed by atoms with E-state index in [4.69, 9.17) is 10.5 Å². The van der Waals surface area contributed by atoms with Crippen LogP contribution in [0, 0.1) is 0 Å². The minimum Gasteiger partial charge on any atom is -0.391 e. The third-order valence-corrected chi connectivity index (χ3v) is 2.74. The van der Waals surface area contributed by atoms with Crippen LogP contribution in [0.15, 0.2) is 17.1 Å². The number of nitrogen functional groups attached to an aromatic ring is 1. The zero-order valence-electron chi connectivity index (χ0n) is 12.0. The zero-order chi connectivity index (χ0) is 15.3. The molecule has 2 heterocycles. The molecule has 0 bridgehead atoms. The lowest BCUT2D eigenvalue weighted by Crippen LogP contribution is -2.31. The second kappa shape index (κ2) is 7.35. The number of hydrogen-bond donors (Lipinski definition) is 2. The van der Waals surface area contributed by atoms with E-state index in [0.717, 1.165) is 4.57 Å². The Bertz CT molecular complexity index is 478. The molecular formula is C13H22FN3O3. The first-order valence-corrected chi connectivity index (χ1v) is 6.72. The summed E-state index contributed by atoms with van der Waals surface area (Å²) in [6.07, 6.45) is -1.14. The number of nitrogens with two attached hydrogens (primary N) is 1. The summed E-state index contributed by atoms with van der Waals surface area (Å²) in [6.45, 7) is 5.77. The molecule has 2 unspecified atom stereocenters. The monoisotopic (exact) mass is 287 g/mol. The van der Waals surface area contributed by atoms with Crippen molar-refractivity contribution in [2.45, 2.75) is 58.2 Å². The highest BCUT2D eigenvalue weighted by Gasteiger charge is 2.39. The molecule has 0 aliphatic carbocycles. The molecule has 0 amide bonds. The lowest BCUT2D eigenvalue weighted by Gasteiger charge is -2.17. The molecule has 1 aliphatic rings. The molecule has 0 aromatic carbocycles. The molecule has 1 aliphatic heterocycles. The minimum absolute atomic E-state index is 0.0547. The first-order valence-electron chi connectivity index (χ1n) is 6.72. The van der Waals surface area contributed by atoms with Crippen molar-refractivity contribution in [2.75, 3.05) is 5.73 Å². The molecule has 7 heteroatoms. The van der Waals surface area contributed by atoms with E-state index in [1.165, 1.54) is 25.6 Å². The Kier molecular flexibility index (Phi) is 6.09. The summed E-state index contributed by atoms with van der Waals surface area (Å²) in [4.78, 5) is 15.0. The maximum Gasteiger partial charge on any atom is 0.351 e. The zero-order valence-corrected chi connectivity index (χ0v) is 12.0. The molecule has 4 atom stereocenters. The average molecular weight is 287 g/mol. The van der Waals surface area contributed by atoms with Crippen LogP contribution in [-0.2, 0) is 4.74 Å². The average Bonchev–Trinajstić information content (AvgIpc) is 2.73. The van der Waals surface area contributed by atoms with E-state index < -0.39 is 30.3 Å². The Morgan fingerprint density at radius 2 is 2.25 bits per heavy atom. The molecule has 1 aromatic heterocycles. The number of aliphatic hydroxyl groups is 1. The summed E-state index contributed by atoms with van der Waals surface area (Å²) in [7, 11) is 0. The van der Waals surface area contributed by atoms with Crippen molar-refractivity contribution in [3.05, 3.63) is 22.7 Å². The number of alkyl halides is 1. The summed E-state index contributed by atoms with van der Waals surface area (Å²) in [6, 6.07) is 1.40. The lowest BCUT2D eigenvalue weighted by atomic mass is 10.1. The fourth-order valence-electron chi connectivity index (χ4n) is 1.83. The molecule has 0 spiro atoms. The number of aromatic nitrogens is 2. The molecule has 1 fully saturated rings. The van der Waals surface area contributed by atoms with Crippen molar-refractivity contribution in [1.29, 1.82) is 0 Å². The van der Waals surface area contributed by atoms with Crippen molar-refractivity contribution >= 4 is 5.82 Å². The van der Waals surface area contributed by atoms with E-state index in [0.29, 0.717) is 0 Å². The highest BCUT2D eigenvalue weighted by atomic mass is 19.1.